The van der Waals surface area contributed by atoms with Gasteiger partial charge < -0.3 is 4.74 Å². The maximum absolute atomic E-state index is 13.9. The van der Waals surface area contributed by atoms with Crippen molar-refractivity contribution in [3.63, 3.8) is 0 Å². The first-order chi connectivity index (χ1) is 13.4. The van der Waals surface area contributed by atoms with E-state index in [4.69, 9.17) is 0 Å². The molecule has 1 saturated carbocycles. The number of ether oxygens (including phenoxy) is 1. The second-order valence-corrected chi connectivity index (χ2v) is 7.67. The normalized spacial score (nSPS) is 20.2. The molecule has 0 aliphatic heterocycles. The first-order valence-electron chi connectivity index (χ1n) is 10.0. The molecular formula is C23H26F4O. The van der Waals surface area contributed by atoms with Gasteiger partial charge in [0, 0.05) is 0 Å². The number of alkyl halides is 3. The van der Waals surface area contributed by atoms with Crippen molar-refractivity contribution >= 4 is 0 Å². The molecule has 0 aromatic heterocycles. The van der Waals surface area contributed by atoms with Gasteiger partial charge in [0.15, 0.2) is 11.6 Å². The van der Waals surface area contributed by atoms with Crippen LogP contribution in [0.1, 0.15) is 63.4 Å². The highest BCUT2D eigenvalue weighted by atomic mass is 19.4. The zero-order valence-electron chi connectivity index (χ0n) is 16.1. The monoisotopic (exact) mass is 394 g/mol. The van der Waals surface area contributed by atoms with E-state index in [-0.39, 0.29) is 0 Å². The van der Waals surface area contributed by atoms with Gasteiger partial charge >= 0.3 is 6.36 Å². The summed E-state index contributed by atoms with van der Waals surface area (Å²) in [6.07, 6.45) is 3.95. The van der Waals surface area contributed by atoms with Crippen molar-refractivity contribution in [1.82, 2.24) is 0 Å². The molecule has 0 bridgehead atoms. The minimum absolute atomic E-state index is 0.529. The van der Waals surface area contributed by atoms with Crippen LogP contribution in [0.2, 0.25) is 0 Å². The van der Waals surface area contributed by atoms with Gasteiger partial charge in [0.25, 0.3) is 0 Å². The van der Waals surface area contributed by atoms with Gasteiger partial charge in [-0.25, -0.2) is 4.39 Å². The third kappa shape index (κ3) is 5.49. The van der Waals surface area contributed by atoms with E-state index in [0.29, 0.717) is 11.5 Å². The summed E-state index contributed by atoms with van der Waals surface area (Å²) >= 11 is 0. The second kappa shape index (κ2) is 8.97. The molecule has 28 heavy (non-hydrogen) atoms. The number of benzene rings is 2. The molecule has 0 atom stereocenters. The maximum Gasteiger partial charge on any atom is 0.573 e. The predicted octanol–water partition coefficient (Wildman–Crippen LogP) is 7.86. The van der Waals surface area contributed by atoms with Crippen LogP contribution >= 0.6 is 0 Å². The number of unbranched alkanes of at least 4 members (excludes halogenated alkanes) is 1. The zero-order valence-corrected chi connectivity index (χ0v) is 16.1. The highest BCUT2D eigenvalue weighted by Gasteiger charge is 2.32. The SMILES string of the molecule is CCCC[C@H]1CC[C@H](c2ccc(-c3ccc(OC(F)(F)F)c(F)c3)cc2)CC1. The molecule has 2 aromatic carbocycles. The molecule has 0 N–H and O–H groups in total. The lowest BCUT2D eigenvalue weighted by atomic mass is 9.77. The topological polar surface area (TPSA) is 9.23 Å². The molecule has 152 valence electrons. The Kier molecular flexibility index (Phi) is 6.63. The van der Waals surface area contributed by atoms with Gasteiger partial charge in [0.1, 0.15) is 0 Å². The van der Waals surface area contributed by atoms with Gasteiger partial charge in [0.2, 0.25) is 0 Å². The molecule has 5 heteroatoms. The van der Waals surface area contributed by atoms with Crippen molar-refractivity contribution in [3.05, 3.63) is 53.8 Å². The molecule has 0 amide bonds. The highest BCUT2D eigenvalue weighted by Crippen LogP contribution is 2.38. The number of halogens is 4. The minimum atomic E-state index is -4.90. The summed E-state index contributed by atoms with van der Waals surface area (Å²) in [6, 6.07) is 11.5. The zero-order chi connectivity index (χ0) is 20.1. The van der Waals surface area contributed by atoms with Crippen molar-refractivity contribution < 1.29 is 22.3 Å². The molecule has 1 aliphatic rings. The Balaban J connectivity index is 1.64. The molecule has 1 aliphatic carbocycles. The Morgan fingerprint density at radius 3 is 2.14 bits per heavy atom. The van der Waals surface area contributed by atoms with Crippen LogP contribution in [-0.4, -0.2) is 6.36 Å². The van der Waals surface area contributed by atoms with Crippen molar-refractivity contribution in [3.8, 4) is 16.9 Å². The summed E-state index contributed by atoms with van der Waals surface area (Å²) in [5.74, 6) is -0.417. The molecule has 0 spiro atoms. The number of hydrogen-bond acceptors (Lipinski definition) is 1. The van der Waals surface area contributed by atoms with Crippen LogP contribution in [0.4, 0.5) is 17.6 Å². The van der Waals surface area contributed by atoms with Gasteiger partial charge in [0.05, 0.1) is 0 Å². The lowest BCUT2D eigenvalue weighted by molar-refractivity contribution is -0.275. The summed E-state index contributed by atoms with van der Waals surface area (Å²) in [6.45, 7) is 2.23. The van der Waals surface area contributed by atoms with Crippen molar-refractivity contribution in [1.29, 1.82) is 0 Å². The Morgan fingerprint density at radius 2 is 1.57 bits per heavy atom. The molecular weight excluding hydrogens is 368 g/mol. The first kappa shape index (κ1) is 20.7. The van der Waals surface area contributed by atoms with E-state index in [1.165, 1.54) is 56.6 Å². The molecule has 3 rings (SSSR count). The molecule has 2 aromatic rings. The maximum atomic E-state index is 13.9. The van der Waals surface area contributed by atoms with Crippen LogP contribution in [-0.2, 0) is 0 Å². The van der Waals surface area contributed by atoms with Crippen LogP contribution in [0.3, 0.4) is 0 Å². The standard InChI is InChI=1S/C23H26F4O/c1-2-3-4-16-5-7-17(8-6-16)18-9-11-19(12-10-18)20-13-14-22(21(24)15-20)28-23(25,26)27/h9-17H,2-8H2,1H3/t16-,17-. The summed E-state index contributed by atoms with van der Waals surface area (Å²) in [7, 11) is 0. The minimum Gasteiger partial charge on any atom is -0.403 e. The van der Waals surface area contributed by atoms with Gasteiger partial charge in [-0.15, -0.1) is 13.2 Å². The first-order valence-corrected chi connectivity index (χ1v) is 10.0. The quantitative estimate of drug-likeness (QED) is 0.453. The van der Waals surface area contributed by atoms with Crippen LogP contribution in [0.15, 0.2) is 42.5 Å². The molecule has 0 heterocycles. The van der Waals surface area contributed by atoms with Gasteiger partial charge in [-0.05, 0) is 66.3 Å². The lowest BCUT2D eigenvalue weighted by Gasteiger charge is -2.29. The number of rotatable bonds is 6. The van der Waals surface area contributed by atoms with E-state index in [0.717, 1.165) is 23.6 Å². The highest BCUT2D eigenvalue weighted by molar-refractivity contribution is 5.64. The smallest absolute Gasteiger partial charge is 0.403 e. The second-order valence-electron chi connectivity index (χ2n) is 7.67. The van der Waals surface area contributed by atoms with Crippen molar-refractivity contribution in [2.75, 3.05) is 0 Å². The molecule has 0 unspecified atom stereocenters. The third-order valence-electron chi connectivity index (χ3n) is 5.69. The molecule has 0 radical (unpaired) electrons. The van der Waals surface area contributed by atoms with Crippen LogP contribution < -0.4 is 4.74 Å². The fourth-order valence-electron chi connectivity index (χ4n) is 4.11. The van der Waals surface area contributed by atoms with Gasteiger partial charge in [-0.2, -0.15) is 0 Å². The van der Waals surface area contributed by atoms with Crippen LogP contribution in [0.25, 0.3) is 11.1 Å². The summed E-state index contributed by atoms with van der Waals surface area (Å²) in [5.41, 5.74) is 2.59. The fraction of sp³-hybridized carbons (Fsp3) is 0.478. The average Bonchev–Trinajstić information content (AvgIpc) is 2.67. The van der Waals surface area contributed by atoms with Crippen LogP contribution in [0.5, 0.6) is 5.75 Å². The van der Waals surface area contributed by atoms with Crippen molar-refractivity contribution in [2.24, 2.45) is 5.92 Å². The lowest BCUT2D eigenvalue weighted by Crippen LogP contribution is -2.17. The largest absolute Gasteiger partial charge is 0.573 e. The average molecular weight is 394 g/mol. The van der Waals surface area contributed by atoms with E-state index >= 15 is 0 Å². The van der Waals surface area contributed by atoms with Crippen molar-refractivity contribution in [2.45, 2.75) is 64.1 Å². The van der Waals surface area contributed by atoms with E-state index in [9.17, 15) is 17.6 Å². The third-order valence-corrected chi connectivity index (χ3v) is 5.69. The Morgan fingerprint density at radius 1 is 0.929 bits per heavy atom. The van der Waals surface area contributed by atoms with Gasteiger partial charge in [-0.1, -0.05) is 56.5 Å². The van der Waals surface area contributed by atoms with E-state index in [1.54, 1.807) is 0 Å². The molecule has 0 saturated heterocycles. The molecule has 1 nitrogen and oxygen atoms in total. The van der Waals surface area contributed by atoms with E-state index < -0.39 is 17.9 Å². The van der Waals surface area contributed by atoms with Gasteiger partial charge in [-0.3, -0.25) is 0 Å². The summed E-state index contributed by atoms with van der Waals surface area (Å²) in [5, 5.41) is 0. The van der Waals surface area contributed by atoms with E-state index in [2.05, 4.69) is 23.8 Å². The Labute approximate surface area is 163 Å². The van der Waals surface area contributed by atoms with Crippen LogP contribution in [0, 0.1) is 11.7 Å². The number of hydrogen-bond donors (Lipinski definition) is 0. The summed E-state index contributed by atoms with van der Waals surface area (Å²) in [4.78, 5) is 0. The van der Waals surface area contributed by atoms with E-state index in [1.807, 2.05) is 12.1 Å². The Hall–Kier alpha value is -2.04. The fourth-order valence-corrected chi connectivity index (χ4v) is 4.11. The molecule has 1 fully saturated rings. The summed E-state index contributed by atoms with van der Waals surface area (Å²) < 4.78 is 54.4. The Bertz CT molecular complexity index is 759. The predicted molar refractivity (Wildman–Crippen MR) is 103 cm³/mol.